The number of aromatic nitrogens is 2. The Morgan fingerprint density at radius 2 is 1.22 bits per heavy atom. The van der Waals surface area contributed by atoms with Gasteiger partial charge in [0.1, 0.15) is 0 Å². The lowest BCUT2D eigenvalue weighted by Crippen LogP contribution is -2.59. The molecule has 5 heterocycles. The van der Waals surface area contributed by atoms with E-state index in [0.717, 1.165) is 22.5 Å². The molecule has 13 rings (SSSR count). The second kappa shape index (κ2) is 13.4. The van der Waals surface area contributed by atoms with Crippen LogP contribution in [0.4, 0.5) is 17.1 Å². The molecular formula is C59H45BN4S. The quantitative estimate of drug-likeness (QED) is 0.166. The summed E-state index contributed by atoms with van der Waals surface area (Å²) in [5.41, 5.74) is 19.0. The number of benzene rings is 8. The van der Waals surface area contributed by atoms with Gasteiger partial charge in [-0.1, -0.05) is 139 Å². The number of rotatable bonds is 3. The normalized spacial score (nSPS) is 13.3. The van der Waals surface area contributed by atoms with Crippen LogP contribution in [0.3, 0.4) is 0 Å². The standard InChI is InChI=1S/C59H45BN4S/c1-58(2,3)38-23-26-41(27-24-38)63-49-31-37(36-21-19-35(34-61)20-22-36)32-50-53(49)60(57-56(63)44-28-25-39(59(4,5)6)33-51(44)65-57)46-17-12-16-45-52-48(64(50)54(45)46)30-29-43-42-15-10-11-18-47(42)62(55(43)52)40-13-8-7-9-14-40/h7-33H,1-6H3. The minimum absolute atomic E-state index is 0.00147. The van der Waals surface area contributed by atoms with E-state index in [4.69, 9.17) is 0 Å². The highest BCUT2D eigenvalue weighted by Crippen LogP contribution is 2.49. The molecule has 310 valence electrons. The lowest BCUT2D eigenvalue weighted by molar-refractivity contribution is 0.590. The van der Waals surface area contributed by atoms with Crippen molar-refractivity contribution in [3.63, 3.8) is 0 Å². The topological polar surface area (TPSA) is 36.9 Å². The molecule has 6 heteroatoms. The van der Waals surface area contributed by atoms with Crippen LogP contribution in [0.1, 0.15) is 58.2 Å². The number of para-hydroxylation sites is 3. The van der Waals surface area contributed by atoms with E-state index in [1.54, 1.807) is 0 Å². The van der Waals surface area contributed by atoms with E-state index in [0.29, 0.717) is 5.56 Å². The molecule has 0 fully saturated rings. The first-order chi connectivity index (χ1) is 31.5. The molecule has 3 aromatic heterocycles. The van der Waals surface area contributed by atoms with E-state index in [1.165, 1.54) is 97.6 Å². The molecule has 0 saturated carbocycles. The predicted molar refractivity (Wildman–Crippen MR) is 277 cm³/mol. The van der Waals surface area contributed by atoms with Gasteiger partial charge in [-0.2, -0.15) is 5.26 Å². The minimum atomic E-state index is 0.00147. The van der Waals surface area contributed by atoms with Crippen LogP contribution in [-0.2, 0) is 10.8 Å². The summed E-state index contributed by atoms with van der Waals surface area (Å²) in [4.78, 5) is 2.57. The summed E-state index contributed by atoms with van der Waals surface area (Å²) in [6, 6.07) is 63.3. The molecule has 0 atom stereocenters. The molecule has 0 bridgehead atoms. The van der Waals surface area contributed by atoms with Gasteiger partial charge in [0.25, 0.3) is 6.71 Å². The van der Waals surface area contributed by atoms with Gasteiger partial charge >= 0.3 is 0 Å². The number of nitriles is 1. The third-order valence-corrected chi connectivity index (χ3v) is 15.4. The molecule has 0 amide bonds. The van der Waals surface area contributed by atoms with E-state index in [-0.39, 0.29) is 17.5 Å². The van der Waals surface area contributed by atoms with E-state index in [2.05, 4.69) is 213 Å². The monoisotopic (exact) mass is 852 g/mol. The Kier molecular flexibility index (Phi) is 7.84. The average molecular weight is 853 g/mol. The van der Waals surface area contributed by atoms with Gasteiger partial charge in [0.2, 0.25) is 0 Å². The number of hydrogen-bond acceptors (Lipinski definition) is 3. The molecule has 0 aliphatic carbocycles. The number of fused-ring (bicyclic) bond motifs is 13. The Hall–Kier alpha value is -7.33. The molecule has 0 radical (unpaired) electrons. The van der Waals surface area contributed by atoms with Gasteiger partial charge in [0, 0.05) is 64.7 Å². The summed E-state index contributed by atoms with van der Waals surface area (Å²) in [5, 5.41) is 16.1. The smallest absolute Gasteiger partial charge is 0.264 e. The first-order valence-corrected chi connectivity index (χ1v) is 23.5. The van der Waals surface area contributed by atoms with Gasteiger partial charge in [-0.3, -0.25) is 0 Å². The van der Waals surface area contributed by atoms with Gasteiger partial charge in [-0.25, -0.2) is 0 Å². The second-order valence-electron chi connectivity index (χ2n) is 20.1. The number of anilines is 3. The Morgan fingerprint density at radius 3 is 1.97 bits per heavy atom. The van der Waals surface area contributed by atoms with E-state index in [9.17, 15) is 5.26 Å². The third kappa shape index (κ3) is 5.37. The van der Waals surface area contributed by atoms with Crippen LogP contribution >= 0.6 is 11.3 Å². The molecular weight excluding hydrogens is 808 g/mol. The van der Waals surface area contributed by atoms with Gasteiger partial charge in [0.05, 0.1) is 33.9 Å². The number of thiophene rings is 1. The van der Waals surface area contributed by atoms with Crippen LogP contribution in [0.15, 0.2) is 164 Å². The van der Waals surface area contributed by atoms with Crippen LogP contribution in [0, 0.1) is 11.3 Å². The van der Waals surface area contributed by atoms with Crippen molar-refractivity contribution in [2.45, 2.75) is 52.4 Å². The van der Waals surface area contributed by atoms with Crippen molar-refractivity contribution in [1.29, 1.82) is 5.26 Å². The van der Waals surface area contributed by atoms with Crippen molar-refractivity contribution < 1.29 is 0 Å². The molecule has 65 heavy (non-hydrogen) atoms. The summed E-state index contributed by atoms with van der Waals surface area (Å²) in [6.45, 7) is 13.8. The number of hydrogen-bond donors (Lipinski definition) is 0. The fourth-order valence-electron chi connectivity index (χ4n) is 11.1. The molecule has 0 spiro atoms. The van der Waals surface area contributed by atoms with Crippen LogP contribution < -0.4 is 20.6 Å². The fourth-order valence-corrected chi connectivity index (χ4v) is 12.4. The van der Waals surface area contributed by atoms with E-state index < -0.39 is 0 Å². The Morgan fingerprint density at radius 1 is 0.523 bits per heavy atom. The molecule has 0 saturated heterocycles. The molecule has 11 aromatic rings. The molecule has 4 nitrogen and oxygen atoms in total. The maximum absolute atomic E-state index is 9.84. The lowest BCUT2D eigenvalue weighted by atomic mass is 9.36. The summed E-state index contributed by atoms with van der Waals surface area (Å²) in [6.07, 6.45) is 0. The molecule has 2 aliphatic heterocycles. The van der Waals surface area contributed by atoms with E-state index in [1.807, 2.05) is 23.5 Å². The van der Waals surface area contributed by atoms with Crippen molar-refractivity contribution in [2.75, 3.05) is 4.90 Å². The molecule has 0 N–H and O–H groups in total. The Labute approximate surface area is 383 Å². The summed E-state index contributed by atoms with van der Waals surface area (Å²) in [5.74, 6) is 0. The van der Waals surface area contributed by atoms with Gasteiger partial charge in [0.15, 0.2) is 0 Å². The maximum atomic E-state index is 9.84. The summed E-state index contributed by atoms with van der Waals surface area (Å²) in [7, 11) is 0. The Balaban J connectivity index is 1.20. The van der Waals surface area contributed by atoms with Gasteiger partial charge in [-0.05, 0) is 111 Å². The third-order valence-electron chi connectivity index (χ3n) is 14.2. The maximum Gasteiger partial charge on any atom is 0.264 e. The van der Waals surface area contributed by atoms with Crippen molar-refractivity contribution in [3.05, 3.63) is 180 Å². The fraction of sp³-hybridized carbons (Fsp3) is 0.136. The van der Waals surface area contributed by atoms with Crippen LogP contribution in [0.2, 0.25) is 0 Å². The second-order valence-corrected chi connectivity index (χ2v) is 21.2. The largest absolute Gasteiger partial charge is 0.310 e. The predicted octanol–water partition coefficient (Wildman–Crippen LogP) is 13.8. The van der Waals surface area contributed by atoms with Crippen molar-refractivity contribution in [2.24, 2.45) is 0 Å². The first kappa shape index (κ1) is 38.2. The lowest BCUT2D eigenvalue weighted by Gasteiger charge is -2.39. The number of nitrogens with zero attached hydrogens (tertiary/aromatic N) is 4. The Bertz CT molecular complexity index is 3850. The highest BCUT2D eigenvalue weighted by Gasteiger charge is 2.45. The van der Waals surface area contributed by atoms with Crippen molar-refractivity contribution in [1.82, 2.24) is 9.13 Å². The van der Waals surface area contributed by atoms with Gasteiger partial charge < -0.3 is 14.0 Å². The van der Waals surface area contributed by atoms with Crippen molar-refractivity contribution in [3.8, 4) is 28.6 Å². The van der Waals surface area contributed by atoms with Crippen LogP contribution in [0.5, 0.6) is 0 Å². The van der Waals surface area contributed by atoms with Crippen LogP contribution in [0.25, 0.3) is 76.2 Å². The first-order valence-electron chi connectivity index (χ1n) is 22.7. The highest BCUT2D eigenvalue weighted by atomic mass is 32.1. The average Bonchev–Trinajstić information content (AvgIpc) is 3.98. The SMILES string of the molecule is CC(C)(C)c1ccc(N2c3cc(-c4ccc(C#N)cc4)cc4c3B(c3sc5cc(C(C)(C)C)ccc5c32)c2cccc3c5c(ccc6c7ccccc7n(-c7ccccc7)c65)n-4c23)cc1. The minimum Gasteiger partial charge on any atom is -0.310 e. The van der Waals surface area contributed by atoms with Gasteiger partial charge in [-0.15, -0.1) is 11.3 Å². The van der Waals surface area contributed by atoms with E-state index >= 15 is 0 Å². The zero-order chi connectivity index (χ0) is 44.1. The molecule has 8 aromatic carbocycles. The highest BCUT2D eigenvalue weighted by molar-refractivity contribution is 7.33. The summed E-state index contributed by atoms with van der Waals surface area (Å²) >= 11 is 1.96. The van der Waals surface area contributed by atoms with Crippen LogP contribution in [-0.4, -0.2) is 15.8 Å². The molecule has 0 unspecified atom stereocenters. The zero-order valence-electron chi connectivity index (χ0n) is 37.4. The van der Waals surface area contributed by atoms with Crippen molar-refractivity contribution >= 4 is 105 Å². The zero-order valence-corrected chi connectivity index (χ0v) is 38.2. The molecule has 2 aliphatic rings. The summed E-state index contributed by atoms with van der Waals surface area (Å²) < 4.78 is 7.76.